The van der Waals surface area contributed by atoms with Crippen LogP contribution in [0.1, 0.15) is 0 Å². The predicted molar refractivity (Wildman–Crippen MR) is 68.2 cm³/mol. The molecule has 0 atom stereocenters. The monoisotopic (exact) mass is 248 g/mol. The van der Waals surface area contributed by atoms with Crippen LogP contribution in [0.5, 0.6) is 5.75 Å². The van der Waals surface area contributed by atoms with Crippen molar-refractivity contribution in [2.24, 2.45) is 0 Å². The summed E-state index contributed by atoms with van der Waals surface area (Å²) < 4.78 is 6.71. The van der Waals surface area contributed by atoms with Gasteiger partial charge in [0.1, 0.15) is 5.75 Å². The molecule has 4 nitrogen and oxygen atoms in total. The van der Waals surface area contributed by atoms with E-state index in [-0.39, 0.29) is 5.56 Å². The summed E-state index contributed by atoms with van der Waals surface area (Å²) in [6.07, 6.45) is 3.41. The molecule has 5 heteroatoms. The van der Waals surface area contributed by atoms with Gasteiger partial charge in [0.15, 0.2) is 5.16 Å². The molecule has 0 amide bonds. The normalized spacial score (nSPS) is 10.2. The number of aromatic nitrogens is 2. The van der Waals surface area contributed by atoms with E-state index in [1.54, 1.807) is 11.7 Å². The van der Waals surface area contributed by atoms with Crippen molar-refractivity contribution < 1.29 is 4.74 Å². The van der Waals surface area contributed by atoms with Crippen LogP contribution >= 0.6 is 11.8 Å². The van der Waals surface area contributed by atoms with Gasteiger partial charge in [-0.1, -0.05) is 17.8 Å². The molecule has 0 saturated heterocycles. The summed E-state index contributed by atoms with van der Waals surface area (Å²) in [4.78, 5) is 16.0. The van der Waals surface area contributed by atoms with Crippen LogP contribution in [0.2, 0.25) is 0 Å². The molecule has 0 fully saturated rings. The zero-order valence-electron chi connectivity index (χ0n) is 9.58. The lowest BCUT2D eigenvalue weighted by atomic mass is 10.3. The first-order valence-corrected chi connectivity index (χ1v) is 6.25. The van der Waals surface area contributed by atoms with Gasteiger partial charge in [0.05, 0.1) is 12.8 Å². The Labute approximate surface area is 103 Å². The predicted octanol–water partition coefficient (Wildman–Crippen LogP) is 1.96. The summed E-state index contributed by atoms with van der Waals surface area (Å²) in [6, 6.07) is 8.79. The fourth-order valence-electron chi connectivity index (χ4n) is 1.52. The lowest BCUT2D eigenvalue weighted by Crippen LogP contribution is -2.19. The highest BCUT2D eigenvalue weighted by molar-refractivity contribution is 7.98. The molecule has 0 unspecified atom stereocenters. The molecule has 0 spiro atoms. The Balaban J connectivity index is 2.63. The van der Waals surface area contributed by atoms with Crippen LogP contribution in [-0.2, 0) is 0 Å². The highest BCUT2D eigenvalue weighted by Gasteiger charge is 2.06. The van der Waals surface area contributed by atoms with Gasteiger partial charge >= 0.3 is 0 Å². The molecule has 2 rings (SSSR count). The SMILES string of the molecule is COc1cccc(-n2c(SC)nccc2=O)c1. The Morgan fingerprint density at radius 1 is 1.35 bits per heavy atom. The fraction of sp³-hybridized carbons (Fsp3) is 0.167. The zero-order chi connectivity index (χ0) is 12.3. The van der Waals surface area contributed by atoms with E-state index >= 15 is 0 Å². The smallest absolute Gasteiger partial charge is 0.258 e. The first-order chi connectivity index (χ1) is 8.26. The maximum absolute atomic E-state index is 11.9. The Hall–Kier alpha value is -1.75. The van der Waals surface area contributed by atoms with E-state index in [2.05, 4.69) is 4.98 Å². The number of hydrogen-bond acceptors (Lipinski definition) is 4. The lowest BCUT2D eigenvalue weighted by molar-refractivity contribution is 0.414. The van der Waals surface area contributed by atoms with E-state index in [1.807, 2.05) is 30.5 Å². The zero-order valence-corrected chi connectivity index (χ0v) is 10.4. The van der Waals surface area contributed by atoms with Crippen molar-refractivity contribution in [3.05, 3.63) is 46.9 Å². The second-order valence-electron chi connectivity index (χ2n) is 3.31. The number of ether oxygens (including phenoxy) is 1. The topological polar surface area (TPSA) is 44.1 Å². The third-order valence-electron chi connectivity index (χ3n) is 2.31. The minimum absolute atomic E-state index is 0.0994. The van der Waals surface area contributed by atoms with Gasteiger partial charge in [-0.15, -0.1) is 0 Å². The van der Waals surface area contributed by atoms with Crippen LogP contribution in [-0.4, -0.2) is 22.9 Å². The highest BCUT2D eigenvalue weighted by Crippen LogP contribution is 2.19. The van der Waals surface area contributed by atoms with Gasteiger partial charge in [-0.2, -0.15) is 0 Å². The molecule has 0 saturated carbocycles. The van der Waals surface area contributed by atoms with Gasteiger partial charge in [0, 0.05) is 18.3 Å². The molecule has 0 aliphatic carbocycles. The summed E-state index contributed by atoms with van der Waals surface area (Å²) in [6.45, 7) is 0. The maximum Gasteiger partial charge on any atom is 0.258 e. The molecule has 0 radical (unpaired) electrons. The number of hydrogen-bond donors (Lipinski definition) is 0. The lowest BCUT2D eigenvalue weighted by Gasteiger charge is -2.10. The van der Waals surface area contributed by atoms with Crippen molar-refractivity contribution in [3.63, 3.8) is 0 Å². The molecule has 1 aromatic heterocycles. The molecule has 88 valence electrons. The Bertz CT molecular complexity index is 581. The highest BCUT2D eigenvalue weighted by atomic mass is 32.2. The molecule has 2 aromatic rings. The number of nitrogens with zero attached hydrogens (tertiary/aromatic N) is 2. The molecule has 0 aliphatic rings. The Morgan fingerprint density at radius 3 is 2.88 bits per heavy atom. The van der Waals surface area contributed by atoms with Crippen LogP contribution < -0.4 is 10.3 Å². The van der Waals surface area contributed by atoms with Gasteiger partial charge in [0.25, 0.3) is 5.56 Å². The van der Waals surface area contributed by atoms with Crippen molar-refractivity contribution in [3.8, 4) is 11.4 Å². The molecule has 0 N–H and O–H groups in total. The van der Waals surface area contributed by atoms with Crippen molar-refractivity contribution in [2.45, 2.75) is 5.16 Å². The van der Waals surface area contributed by atoms with E-state index in [1.165, 1.54) is 24.0 Å². The first kappa shape index (κ1) is 11.7. The molecular formula is C12H12N2O2S. The average Bonchev–Trinajstić information content (AvgIpc) is 2.38. The van der Waals surface area contributed by atoms with Crippen molar-refractivity contribution >= 4 is 11.8 Å². The largest absolute Gasteiger partial charge is 0.497 e. The molecule has 0 bridgehead atoms. The molecule has 1 heterocycles. The summed E-state index contributed by atoms with van der Waals surface area (Å²) >= 11 is 1.43. The molecule has 17 heavy (non-hydrogen) atoms. The van der Waals surface area contributed by atoms with Gasteiger partial charge in [-0.3, -0.25) is 9.36 Å². The average molecular weight is 248 g/mol. The van der Waals surface area contributed by atoms with Crippen LogP contribution in [0.4, 0.5) is 0 Å². The summed E-state index contributed by atoms with van der Waals surface area (Å²) in [5.41, 5.74) is 0.657. The van der Waals surface area contributed by atoms with E-state index < -0.39 is 0 Å². The van der Waals surface area contributed by atoms with Crippen LogP contribution in [0.3, 0.4) is 0 Å². The van der Waals surface area contributed by atoms with Crippen molar-refractivity contribution in [1.29, 1.82) is 0 Å². The summed E-state index contributed by atoms with van der Waals surface area (Å²) in [5, 5.41) is 0.658. The van der Waals surface area contributed by atoms with E-state index in [4.69, 9.17) is 4.74 Å². The van der Waals surface area contributed by atoms with Crippen LogP contribution in [0, 0.1) is 0 Å². The quantitative estimate of drug-likeness (QED) is 0.615. The number of rotatable bonds is 3. The number of methoxy groups -OCH3 is 1. The van der Waals surface area contributed by atoms with Crippen molar-refractivity contribution in [2.75, 3.05) is 13.4 Å². The number of benzene rings is 1. The van der Waals surface area contributed by atoms with Gasteiger partial charge in [-0.25, -0.2) is 4.98 Å². The second-order valence-corrected chi connectivity index (χ2v) is 4.08. The van der Waals surface area contributed by atoms with E-state index in [9.17, 15) is 4.79 Å². The summed E-state index contributed by atoms with van der Waals surface area (Å²) in [7, 11) is 1.60. The van der Waals surface area contributed by atoms with E-state index in [0.717, 1.165) is 5.69 Å². The molecule has 0 aliphatic heterocycles. The van der Waals surface area contributed by atoms with Crippen molar-refractivity contribution in [1.82, 2.24) is 9.55 Å². The number of thioether (sulfide) groups is 1. The minimum Gasteiger partial charge on any atom is -0.497 e. The van der Waals surface area contributed by atoms with E-state index in [0.29, 0.717) is 10.9 Å². The Morgan fingerprint density at radius 2 is 2.18 bits per heavy atom. The minimum atomic E-state index is -0.0994. The fourth-order valence-corrected chi connectivity index (χ4v) is 2.07. The van der Waals surface area contributed by atoms with Gasteiger partial charge in [-0.05, 0) is 18.4 Å². The Kier molecular flexibility index (Phi) is 3.49. The molecule has 1 aromatic carbocycles. The molecular weight excluding hydrogens is 236 g/mol. The second kappa shape index (κ2) is 5.05. The van der Waals surface area contributed by atoms with Crippen LogP contribution in [0.25, 0.3) is 5.69 Å². The standard InChI is InChI=1S/C12H12N2O2S/c1-16-10-5-3-4-9(8-10)14-11(15)6-7-13-12(14)17-2/h3-8H,1-2H3. The third-order valence-corrected chi connectivity index (χ3v) is 2.96. The maximum atomic E-state index is 11.9. The third kappa shape index (κ3) is 2.34. The first-order valence-electron chi connectivity index (χ1n) is 5.02. The van der Waals surface area contributed by atoms with Gasteiger partial charge in [0.2, 0.25) is 0 Å². The van der Waals surface area contributed by atoms with Crippen LogP contribution in [0.15, 0.2) is 46.5 Å². The summed E-state index contributed by atoms with van der Waals surface area (Å²) in [5.74, 6) is 0.713. The van der Waals surface area contributed by atoms with Gasteiger partial charge < -0.3 is 4.74 Å².